The molecule has 0 spiro atoms. The minimum Gasteiger partial charge on any atom is -0.457 e. The summed E-state index contributed by atoms with van der Waals surface area (Å²) in [6, 6.07) is 13.0. The minimum atomic E-state index is -0.131. The lowest BCUT2D eigenvalue weighted by Crippen LogP contribution is -2.07. The van der Waals surface area contributed by atoms with Crippen LogP contribution in [0.2, 0.25) is 0 Å². The van der Waals surface area contributed by atoms with Crippen molar-refractivity contribution in [3.05, 3.63) is 58.1 Å². The summed E-state index contributed by atoms with van der Waals surface area (Å²) in [6.45, 7) is 1.85. The molecule has 100 valence electrons. The Balaban J connectivity index is 2.38. The normalized spacial score (nSPS) is 12.2. The smallest absolute Gasteiger partial charge is 0.132 e. The second-order valence-electron chi connectivity index (χ2n) is 4.34. The van der Waals surface area contributed by atoms with E-state index in [1.165, 1.54) is 0 Å². The predicted octanol–water partition coefficient (Wildman–Crippen LogP) is 3.75. The van der Waals surface area contributed by atoms with Crippen LogP contribution >= 0.6 is 15.9 Å². The van der Waals surface area contributed by atoms with Crippen LogP contribution in [0.3, 0.4) is 0 Å². The van der Waals surface area contributed by atoms with E-state index < -0.39 is 0 Å². The number of halogens is 1. The number of ether oxygens (including phenoxy) is 1. The van der Waals surface area contributed by atoms with Gasteiger partial charge in [0.1, 0.15) is 11.5 Å². The standard InChI is InChI=1S/C15H16BrNO2/c1-10(17)13-8-12(16)6-7-15(13)19-14-5-3-2-4-11(14)9-18/h2-8,10,18H,9,17H2,1H3. The number of hydrogen-bond acceptors (Lipinski definition) is 3. The van der Waals surface area contributed by atoms with E-state index in [0.29, 0.717) is 11.5 Å². The fourth-order valence-electron chi connectivity index (χ4n) is 1.82. The number of aliphatic hydroxyl groups excluding tert-OH is 1. The first kappa shape index (κ1) is 14.1. The Morgan fingerprint density at radius 1 is 1.21 bits per heavy atom. The highest BCUT2D eigenvalue weighted by atomic mass is 79.9. The van der Waals surface area contributed by atoms with Crippen molar-refractivity contribution in [1.29, 1.82) is 0 Å². The zero-order valence-electron chi connectivity index (χ0n) is 10.6. The maximum Gasteiger partial charge on any atom is 0.132 e. The van der Waals surface area contributed by atoms with Gasteiger partial charge in [-0.15, -0.1) is 0 Å². The Kier molecular flexibility index (Phi) is 4.58. The molecule has 0 bridgehead atoms. The van der Waals surface area contributed by atoms with E-state index in [9.17, 15) is 5.11 Å². The van der Waals surface area contributed by atoms with Crippen LogP contribution in [-0.4, -0.2) is 5.11 Å². The third kappa shape index (κ3) is 3.35. The topological polar surface area (TPSA) is 55.5 Å². The molecule has 2 aromatic carbocycles. The molecule has 19 heavy (non-hydrogen) atoms. The first-order valence-corrected chi connectivity index (χ1v) is 6.82. The van der Waals surface area contributed by atoms with E-state index >= 15 is 0 Å². The number of hydrogen-bond donors (Lipinski definition) is 2. The molecule has 0 saturated carbocycles. The van der Waals surface area contributed by atoms with Crippen molar-refractivity contribution >= 4 is 15.9 Å². The summed E-state index contributed by atoms with van der Waals surface area (Å²) in [5.74, 6) is 1.35. The lowest BCUT2D eigenvalue weighted by atomic mass is 10.1. The zero-order valence-corrected chi connectivity index (χ0v) is 12.2. The highest BCUT2D eigenvalue weighted by Crippen LogP contribution is 2.32. The van der Waals surface area contributed by atoms with Gasteiger partial charge >= 0.3 is 0 Å². The molecule has 0 saturated heterocycles. The Morgan fingerprint density at radius 3 is 2.63 bits per heavy atom. The van der Waals surface area contributed by atoms with Crippen molar-refractivity contribution in [3.63, 3.8) is 0 Å². The molecular weight excluding hydrogens is 306 g/mol. The first-order chi connectivity index (χ1) is 9.11. The third-order valence-corrected chi connectivity index (χ3v) is 3.32. The fourth-order valence-corrected chi connectivity index (χ4v) is 2.20. The summed E-state index contributed by atoms with van der Waals surface area (Å²) in [5, 5.41) is 9.31. The maximum absolute atomic E-state index is 9.31. The predicted molar refractivity (Wildman–Crippen MR) is 79.2 cm³/mol. The van der Waals surface area contributed by atoms with E-state index in [1.54, 1.807) is 0 Å². The number of aliphatic hydroxyl groups is 1. The van der Waals surface area contributed by atoms with Gasteiger partial charge in [-0.25, -0.2) is 0 Å². The van der Waals surface area contributed by atoms with E-state index in [2.05, 4.69) is 15.9 Å². The monoisotopic (exact) mass is 321 g/mol. The van der Waals surface area contributed by atoms with Crippen molar-refractivity contribution in [1.82, 2.24) is 0 Å². The molecule has 0 aromatic heterocycles. The molecule has 2 aromatic rings. The highest BCUT2D eigenvalue weighted by molar-refractivity contribution is 9.10. The van der Waals surface area contributed by atoms with E-state index in [-0.39, 0.29) is 12.6 Å². The van der Waals surface area contributed by atoms with Gasteiger partial charge in [-0.05, 0) is 31.2 Å². The molecule has 0 aliphatic rings. The molecule has 0 fully saturated rings. The van der Waals surface area contributed by atoms with Crippen LogP contribution in [0.25, 0.3) is 0 Å². The number of nitrogens with two attached hydrogens (primary N) is 1. The van der Waals surface area contributed by atoms with Crippen LogP contribution in [0.15, 0.2) is 46.9 Å². The minimum absolute atomic E-state index is 0.0553. The molecule has 3 nitrogen and oxygen atoms in total. The van der Waals surface area contributed by atoms with Crippen LogP contribution in [0, 0.1) is 0 Å². The summed E-state index contributed by atoms with van der Waals surface area (Å²) < 4.78 is 6.85. The van der Waals surface area contributed by atoms with Crippen LogP contribution in [-0.2, 0) is 6.61 Å². The van der Waals surface area contributed by atoms with Crippen LogP contribution < -0.4 is 10.5 Å². The second-order valence-corrected chi connectivity index (χ2v) is 5.25. The van der Waals surface area contributed by atoms with Gasteiger partial charge < -0.3 is 15.6 Å². The molecule has 0 amide bonds. The molecule has 2 rings (SSSR count). The average Bonchev–Trinajstić information content (AvgIpc) is 2.41. The van der Waals surface area contributed by atoms with E-state index in [1.807, 2.05) is 49.4 Å². The van der Waals surface area contributed by atoms with Gasteiger partial charge in [-0.2, -0.15) is 0 Å². The van der Waals surface area contributed by atoms with Crippen molar-refractivity contribution in [2.24, 2.45) is 5.73 Å². The number of para-hydroxylation sites is 1. The summed E-state index contributed by atoms with van der Waals surface area (Å²) in [5.41, 5.74) is 7.63. The van der Waals surface area contributed by atoms with Crippen molar-refractivity contribution in [3.8, 4) is 11.5 Å². The Labute approximate surface area is 121 Å². The van der Waals surface area contributed by atoms with Crippen LogP contribution in [0.1, 0.15) is 24.1 Å². The van der Waals surface area contributed by atoms with Gasteiger partial charge in [0.25, 0.3) is 0 Å². The molecule has 4 heteroatoms. The summed E-state index contributed by atoms with van der Waals surface area (Å²) in [7, 11) is 0. The largest absolute Gasteiger partial charge is 0.457 e. The van der Waals surface area contributed by atoms with Crippen molar-refractivity contribution in [2.75, 3.05) is 0 Å². The van der Waals surface area contributed by atoms with Gasteiger partial charge in [-0.3, -0.25) is 0 Å². The van der Waals surface area contributed by atoms with E-state index in [0.717, 1.165) is 15.6 Å². The van der Waals surface area contributed by atoms with Crippen LogP contribution in [0.4, 0.5) is 0 Å². The maximum atomic E-state index is 9.31. The molecule has 0 aliphatic carbocycles. The summed E-state index contributed by atoms with van der Waals surface area (Å²) in [6.07, 6.45) is 0. The lowest BCUT2D eigenvalue weighted by molar-refractivity contribution is 0.276. The molecule has 1 unspecified atom stereocenters. The summed E-state index contributed by atoms with van der Waals surface area (Å²) >= 11 is 3.43. The van der Waals surface area contributed by atoms with E-state index in [4.69, 9.17) is 10.5 Å². The zero-order chi connectivity index (χ0) is 13.8. The molecule has 0 radical (unpaired) electrons. The van der Waals surface area contributed by atoms with Gasteiger partial charge in [0.15, 0.2) is 0 Å². The van der Waals surface area contributed by atoms with Crippen molar-refractivity contribution < 1.29 is 9.84 Å². The lowest BCUT2D eigenvalue weighted by Gasteiger charge is -2.15. The van der Waals surface area contributed by atoms with Crippen molar-refractivity contribution in [2.45, 2.75) is 19.6 Å². The Bertz CT molecular complexity index is 570. The average molecular weight is 322 g/mol. The van der Waals surface area contributed by atoms with Gasteiger partial charge in [0, 0.05) is 21.6 Å². The van der Waals surface area contributed by atoms with Gasteiger partial charge in [-0.1, -0.05) is 34.1 Å². The fraction of sp³-hybridized carbons (Fsp3) is 0.200. The third-order valence-electron chi connectivity index (χ3n) is 2.83. The second kappa shape index (κ2) is 6.19. The molecule has 0 heterocycles. The van der Waals surface area contributed by atoms with Crippen LogP contribution in [0.5, 0.6) is 11.5 Å². The number of benzene rings is 2. The van der Waals surface area contributed by atoms with Gasteiger partial charge in [0.2, 0.25) is 0 Å². The Hall–Kier alpha value is -1.36. The Morgan fingerprint density at radius 2 is 1.95 bits per heavy atom. The quantitative estimate of drug-likeness (QED) is 0.901. The molecule has 1 atom stereocenters. The van der Waals surface area contributed by atoms with Gasteiger partial charge in [0.05, 0.1) is 6.61 Å². The SMILES string of the molecule is CC(N)c1cc(Br)ccc1Oc1ccccc1CO. The summed E-state index contributed by atoms with van der Waals surface area (Å²) in [4.78, 5) is 0. The molecule has 3 N–H and O–H groups in total. The number of rotatable bonds is 4. The first-order valence-electron chi connectivity index (χ1n) is 6.03. The molecular formula is C15H16BrNO2. The highest BCUT2D eigenvalue weighted by Gasteiger charge is 2.11. The molecule has 0 aliphatic heterocycles.